The van der Waals surface area contributed by atoms with Crippen LogP contribution in [0.15, 0.2) is 18.2 Å². The van der Waals surface area contributed by atoms with E-state index >= 15 is 0 Å². The number of phenols is 2. The van der Waals surface area contributed by atoms with Crippen molar-refractivity contribution in [2.45, 2.75) is 44.4 Å². The van der Waals surface area contributed by atoms with Crippen molar-refractivity contribution in [3.05, 3.63) is 23.8 Å². The fourth-order valence-electron chi connectivity index (χ4n) is 2.21. The van der Waals surface area contributed by atoms with Crippen molar-refractivity contribution < 1.29 is 10.2 Å². The van der Waals surface area contributed by atoms with Gasteiger partial charge in [-0.15, -0.1) is 0 Å². The highest BCUT2D eigenvalue weighted by atomic mass is 32.2. The zero-order chi connectivity index (χ0) is 14.5. The largest absolute Gasteiger partial charge is 0.508 e. The van der Waals surface area contributed by atoms with Crippen LogP contribution >= 0.6 is 11.8 Å². The van der Waals surface area contributed by atoms with Gasteiger partial charge in [0, 0.05) is 29.0 Å². The van der Waals surface area contributed by atoms with Gasteiger partial charge in [-0.3, -0.25) is 0 Å². The third-order valence-corrected chi connectivity index (χ3v) is 5.52. The second-order valence-electron chi connectivity index (χ2n) is 4.94. The molecule has 0 amide bonds. The fourth-order valence-corrected chi connectivity index (χ4v) is 3.01. The van der Waals surface area contributed by atoms with Crippen LogP contribution in [-0.4, -0.2) is 27.8 Å². The predicted octanol–water partition coefficient (Wildman–Crippen LogP) is 3.67. The molecule has 0 heterocycles. The molecule has 0 saturated heterocycles. The number of nitrogens with one attached hydrogen (secondary N) is 1. The van der Waals surface area contributed by atoms with Crippen molar-refractivity contribution in [3.63, 3.8) is 0 Å². The van der Waals surface area contributed by atoms with Gasteiger partial charge in [0.15, 0.2) is 0 Å². The van der Waals surface area contributed by atoms with Gasteiger partial charge in [-0.25, -0.2) is 0 Å². The fraction of sp³-hybridized carbons (Fsp3) is 0.600. The standard InChI is InChI=1S/C15H25NO2S/c1-5-15(6-2,19-4)10-16-11(3)13-8-7-12(17)9-14(13)18/h7-9,11,16-18H,5-6,10H2,1-4H3. The van der Waals surface area contributed by atoms with Crippen LogP contribution in [0.2, 0.25) is 0 Å². The Morgan fingerprint density at radius 3 is 2.37 bits per heavy atom. The third-order valence-electron chi connectivity index (χ3n) is 3.93. The zero-order valence-electron chi connectivity index (χ0n) is 12.2. The molecule has 0 fully saturated rings. The predicted molar refractivity (Wildman–Crippen MR) is 83.0 cm³/mol. The molecule has 0 saturated carbocycles. The molecule has 4 heteroatoms. The van der Waals surface area contributed by atoms with Gasteiger partial charge in [-0.1, -0.05) is 19.9 Å². The van der Waals surface area contributed by atoms with E-state index in [4.69, 9.17) is 0 Å². The molecule has 1 atom stereocenters. The molecular weight excluding hydrogens is 258 g/mol. The Morgan fingerprint density at radius 1 is 1.26 bits per heavy atom. The van der Waals surface area contributed by atoms with Crippen molar-refractivity contribution in [2.75, 3.05) is 12.8 Å². The molecule has 0 aliphatic carbocycles. The van der Waals surface area contributed by atoms with E-state index in [1.165, 1.54) is 6.07 Å². The van der Waals surface area contributed by atoms with E-state index in [-0.39, 0.29) is 22.3 Å². The van der Waals surface area contributed by atoms with E-state index in [2.05, 4.69) is 25.4 Å². The van der Waals surface area contributed by atoms with Crippen molar-refractivity contribution >= 4 is 11.8 Å². The van der Waals surface area contributed by atoms with Crippen LogP contribution in [-0.2, 0) is 0 Å². The molecular formula is C15H25NO2S. The highest BCUT2D eigenvalue weighted by molar-refractivity contribution is 8.00. The van der Waals surface area contributed by atoms with Gasteiger partial charge in [0.2, 0.25) is 0 Å². The zero-order valence-corrected chi connectivity index (χ0v) is 13.0. The van der Waals surface area contributed by atoms with Gasteiger partial charge >= 0.3 is 0 Å². The summed E-state index contributed by atoms with van der Waals surface area (Å²) in [5.74, 6) is 0.233. The van der Waals surface area contributed by atoms with Gasteiger partial charge in [-0.05, 0) is 32.1 Å². The average molecular weight is 283 g/mol. The van der Waals surface area contributed by atoms with Crippen LogP contribution in [0.3, 0.4) is 0 Å². The minimum atomic E-state index is 0.0604. The highest BCUT2D eigenvalue weighted by Crippen LogP contribution is 2.32. The van der Waals surface area contributed by atoms with Crippen molar-refractivity contribution in [1.82, 2.24) is 5.32 Å². The Morgan fingerprint density at radius 2 is 1.89 bits per heavy atom. The van der Waals surface area contributed by atoms with Crippen LogP contribution in [0, 0.1) is 0 Å². The van der Waals surface area contributed by atoms with Crippen molar-refractivity contribution in [1.29, 1.82) is 0 Å². The van der Waals surface area contributed by atoms with Crippen LogP contribution in [0.1, 0.15) is 45.2 Å². The summed E-state index contributed by atoms with van der Waals surface area (Å²) >= 11 is 1.90. The van der Waals surface area contributed by atoms with Crippen molar-refractivity contribution in [3.8, 4) is 11.5 Å². The number of phenolic OH excluding ortho intramolecular Hbond substituents is 2. The Bertz CT molecular complexity index is 397. The van der Waals surface area contributed by atoms with E-state index < -0.39 is 0 Å². The lowest BCUT2D eigenvalue weighted by molar-refractivity contribution is 0.423. The van der Waals surface area contributed by atoms with E-state index in [9.17, 15) is 10.2 Å². The number of thioether (sulfide) groups is 1. The summed E-state index contributed by atoms with van der Waals surface area (Å²) in [5.41, 5.74) is 0.819. The average Bonchev–Trinajstić information content (AvgIpc) is 2.40. The lowest BCUT2D eigenvalue weighted by Gasteiger charge is -2.31. The first-order valence-corrected chi connectivity index (χ1v) is 8.01. The quantitative estimate of drug-likeness (QED) is 0.714. The van der Waals surface area contributed by atoms with Crippen LogP contribution in [0.4, 0.5) is 0 Å². The lowest BCUT2D eigenvalue weighted by Crippen LogP contribution is -2.37. The topological polar surface area (TPSA) is 52.5 Å². The normalized spacial score (nSPS) is 13.5. The molecule has 3 nitrogen and oxygen atoms in total. The summed E-state index contributed by atoms with van der Waals surface area (Å²) in [6, 6.07) is 4.82. The molecule has 0 bridgehead atoms. The van der Waals surface area contributed by atoms with Gasteiger partial charge in [0.25, 0.3) is 0 Å². The highest BCUT2D eigenvalue weighted by Gasteiger charge is 2.25. The Hall–Kier alpha value is -0.870. The molecule has 0 spiro atoms. The number of rotatable bonds is 7. The first-order chi connectivity index (χ1) is 8.98. The van der Waals surface area contributed by atoms with E-state index in [0.717, 1.165) is 24.9 Å². The third kappa shape index (κ3) is 4.05. The minimum absolute atomic E-state index is 0.0604. The van der Waals surface area contributed by atoms with Crippen molar-refractivity contribution in [2.24, 2.45) is 0 Å². The summed E-state index contributed by atoms with van der Waals surface area (Å²) in [6.07, 6.45) is 4.38. The maximum absolute atomic E-state index is 9.86. The minimum Gasteiger partial charge on any atom is -0.508 e. The molecule has 1 unspecified atom stereocenters. The summed E-state index contributed by atoms with van der Waals surface area (Å²) in [4.78, 5) is 0. The molecule has 19 heavy (non-hydrogen) atoms. The van der Waals surface area contributed by atoms with Gasteiger partial charge in [0.1, 0.15) is 11.5 Å². The molecule has 108 valence electrons. The monoisotopic (exact) mass is 283 g/mol. The van der Waals surface area contributed by atoms with E-state index in [0.29, 0.717) is 0 Å². The first-order valence-electron chi connectivity index (χ1n) is 6.78. The first kappa shape index (κ1) is 16.2. The molecule has 1 aromatic rings. The summed E-state index contributed by atoms with van der Waals surface area (Å²) in [5, 5.41) is 22.7. The maximum atomic E-state index is 9.86. The summed E-state index contributed by atoms with van der Waals surface area (Å²) < 4.78 is 0.251. The van der Waals surface area contributed by atoms with Gasteiger partial charge < -0.3 is 15.5 Å². The lowest BCUT2D eigenvalue weighted by atomic mass is 10.0. The van der Waals surface area contributed by atoms with Gasteiger partial charge in [-0.2, -0.15) is 11.8 Å². The Labute approximate surface area is 120 Å². The van der Waals surface area contributed by atoms with E-state index in [1.54, 1.807) is 12.1 Å². The maximum Gasteiger partial charge on any atom is 0.124 e. The molecule has 0 aliphatic heterocycles. The number of aromatic hydroxyl groups is 2. The molecule has 3 N–H and O–H groups in total. The number of benzene rings is 1. The van der Waals surface area contributed by atoms with Gasteiger partial charge in [0.05, 0.1) is 0 Å². The summed E-state index contributed by atoms with van der Waals surface area (Å²) in [7, 11) is 0. The Balaban J connectivity index is 2.72. The number of hydrogen-bond acceptors (Lipinski definition) is 4. The second-order valence-corrected chi connectivity index (χ2v) is 6.21. The smallest absolute Gasteiger partial charge is 0.124 e. The molecule has 0 radical (unpaired) electrons. The molecule has 0 aliphatic rings. The molecule has 1 rings (SSSR count). The van der Waals surface area contributed by atoms with E-state index in [1.807, 2.05) is 18.7 Å². The van der Waals surface area contributed by atoms with Crippen LogP contribution < -0.4 is 5.32 Å². The second kappa shape index (κ2) is 7.06. The Kier molecular flexibility index (Phi) is 6.01. The van der Waals surface area contributed by atoms with Crippen LogP contribution in [0.25, 0.3) is 0 Å². The van der Waals surface area contributed by atoms with Crippen LogP contribution in [0.5, 0.6) is 11.5 Å². The molecule has 0 aromatic heterocycles. The molecule has 1 aromatic carbocycles. The SMILES string of the molecule is CCC(CC)(CNC(C)c1ccc(O)cc1O)SC. The summed E-state index contributed by atoms with van der Waals surface area (Å²) in [6.45, 7) is 7.36. The number of hydrogen-bond donors (Lipinski definition) is 3.